The van der Waals surface area contributed by atoms with Crippen molar-refractivity contribution in [3.05, 3.63) is 52.3 Å². The van der Waals surface area contributed by atoms with Crippen LogP contribution in [0.2, 0.25) is 0 Å². The lowest BCUT2D eigenvalue weighted by molar-refractivity contribution is -0.109. The first kappa shape index (κ1) is 25.5. The lowest BCUT2D eigenvalue weighted by Crippen LogP contribution is -2.27. The third-order valence-corrected chi connectivity index (χ3v) is 5.89. The number of carbonyl (C=O) groups is 1. The van der Waals surface area contributed by atoms with E-state index in [2.05, 4.69) is 57.4 Å². The van der Waals surface area contributed by atoms with Gasteiger partial charge in [-0.3, -0.25) is 10.2 Å². The third-order valence-electron chi connectivity index (χ3n) is 4.93. The number of nitrogens with two attached hydrogens (primary N) is 2. The molecule has 0 spiro atoms. The predicted molar refractivity (Wildman–Crippen MR) is 129 cm³/mol. The largest absolute Gasteiger partial charge is 0.384 e. The molecule has 0 radical (unpaired) electrons. The van der Waals surface area contributed by atoms with E-state index in [0.717, 1.165) is 12.3 Å². The summed E-state index contributed by atoms with van der Waals surface area (Å²) in [5.41, 5.74) is 10.2. The van der Waals surface area contributed by atoms with Crippen molar-refractivity contribution >= 4 is 34.7 Å². The molecule has 1 aliphatic rings. The van der Waals surface area contributed by atoms with Gasteiger partial charge in [-0.2, -0.15) is 0 Å². The Morgan fingerprint density at radius 3 is 2.60 bits per heavy atom. The molecule has 1 aliphatic carbocycles. The molecule has 0 saturated heterocycles. The van der Waals surface area contributed by atoms with Crippen LogP contribution in [-0.4, -0.2) is 18.1 Å². The molecule has 5 N–H and O–H groups in total. The van der Waals surface area contributed by atoms with Crippen LogP contribution < -0.4 is 17.0 Å². The van der Waals surface area contributed by atoms with Crippen molar-refractivity contribution in [3.8, 4) is 0 Å². The topological polar surface area (TPSA) is 106 Å². The van der Waals surface area contributed by atoms with Crippen molar-refractivity contribution in [1.82, 2.24) is 10.4 Å². The Balaban J connectivity index is 0.000000315. The van der Waals surface area contributed by atoms with Gasteiger partial charge in [-0.05, 0) is 74.9 Å². The average Bonchev–Trinajstić information content (AvgIpc) is 3.08. The lowest BCUT2D eigenvalue weighted by Gasteiger charge is -2.34. The molecule has 2 aromatic heterocycles. The second kappa shape index (κ2) is 12.2. The minimum absolute atomic E-state index is 0.403. The molecule has 0 fully saturated rings. The molecule has 1 atom stereocenters. The smallest absolute Gasteiger partial charge is 0.221 e. The zero-order chi connectivity index (χ0) is 22.7. The summed E-state index contributed by atoms with van der Waals surface area (Å²) < 4.78 is 0. The van der Waals surface area contributed by atoms with E-state index in [9.17, 15) is 0 Å². The monoisotopic (exact) mass is 429 g/mol. The highest BCUT2D eigenvalue weighted by molar-refractivity contribution is 7.18. The zero-order valence-corrected chi connectivity index (χ0v) is 19.6. The van der Waals surface area contributed by atoms with E-state index in [1.807, 2.05) is 30.4 Å². The van der Waals surface area contributed by atoms with Gasteiger partial charge in [-0.15, -0.1) is 11.3 Å². The van der Waals surface area contributed by atoms with Gasteiger partial charge in [0.2, 0.25) is 6.41 Å². The van der Waals surface area contributed by atoms with Crippen LogP contribution in [0.15, 0.2) is 41.2 Å². The van der Waals surface area contributed by atoms with Gasteiger partial charge in [0.25, 0.3) is 0 Å². The van der Waals surface area contributed by atoms with Crippen LogP contribution in [0.3, 0.4) is 0 Å². The molecular weight excluding hydrogens is 394 g/mol. The Morgan fingerprint density at radius 1 is 1.40 bits per heavy atom. The Morgan fingerprint density at radius 2 is 2.07 bits per heavy atom. The van der Waals surface area contributed by atoms with E-state index in [1.165, 1.54) is 39.2 Å². The van der Waals surface area contributed by atoms with Gasteiger partial charge in [0.1, 0.15) is 10.7 Å². The predicted octanol–water partition coefficient (Wildman–Crippen LogP) is 4.43. The number of hydrogen-bond donors (Lipinski definition) is 3. The van der Waals surface area contributed by atoms with Crippen molar-refractivity contribution in [3.63, 3.8) is 0 Å². The van der Waals surface area contributed by atoms with E-state index in [0.29, 0.717) is 17.6 Å². The van der Waals surface area contributed by atoms with Gasteiger partial charge in [0, 0.05) is 16.0 Å². The number of nitrogens with zero attached hydrogens (tertiary/aromatic N) is 2. The van der Waals surface area contributed by atoms with Crippen LogP contribution in [0.1, 0.15) is 50.3 Å². The summed E-state index contributed by atoms with van der Waals surface area (Å²) in [6, 6.07) is 4.66. The maximum atomic E-state index is 8.94. The van der Waals surface area contributed by atoms with Crippen LogP contribution in [0.25, 0.3) is 10.2 Å². The summed E-state index contributed by atoms with van der Waals surface area (Å²) in [5.74, 6) is 5.65. The molecule has 0 aromatic carbocycles. The van der Waals surface area contributed by atoms with Gasteiger partial charge in [-0.25, -0.2) is 15.8 Å². The maximum Gasteiger partial charge on any atom is 0.221 e. The van der Waals surface area contributed by atoms with Crippen LogP contribution in [-0.2, 0) is 17.6 Å². The fourth-order valence-corrected chi connectivity index (χ4v) is 4.12. The number of nitrogens with one attached hydrogen (secondary N) is 1. The second-order valence-electron chi connectivity index (χ2n) is 8.21. The molecule has 2 aromatic rings. The van der Waals surface area contributed by atoms with Crippen molar-refractivity contribution in [2.24, 2.45) is 27.9 Å². The molecule has 0 saturated carbocycles. The Kier molecular flexibility index (Phi) is 10.4. The zero-order valence-electron chi connectivity index (χ0n) is 18.7. The molecule has 164 valence electrons. The quantitative estimate of drug-likeness (QED) is 0.168. The number of amides is 1. The molecule has 0 bridgehead atoms. The summed E-state index contributed by atoms with van der Waals surface area (Å²) in [6.45, 7) is 14.4. The summed E-state index contributed by atoms with van der Waals surface area (Å²) >= 11 is 1.82. The maximum absolute atomic E-state index is 8.94. The normalized spacial score (nSPS) is 16.1. The molecule has 0 aliphatic heterocycles. The molecule has 2 heterocycles. The summed E-state index contributed by atoms with van der Waals surface area (Å²) in [6.07, 6.45) is 9.43. The average molecular weight is 430 g/mol. The summed E-state index contributed by atoms with van der Waals surface area (Å²) in [7, 11) is 0. The first-order chi connectivity index (χ1) is 14.2. The Labute approximate surface area is 184 Å². The molecule has 6 nitrogen and oxygen atoms in total. The third kappa shape index (κ3) is 8.08. The van der Waals surface area contributed by atoms with E-state index in [-0.39, 0.29) is 0 Å². The van der Waals surface area contributed by atoms with Crippen LogP contribution in [0.4, 0.5) is 0 Å². The fourth-order valence-electron chi connectivity index (χ4n) is 3.24. The number of aromatic nitrogens is 1. The van der Waals surface area contributed by atoms with Crippen molar-refractivity contribution in [1.29, 1.82) is 0 Å². The highest BCUT2D eigenvalue weighted by Crippen LogP contribution is 2.38. The summed E-state index contributed by atoms with van der Waals surface area (Å²) in [5, 5.41) is 1.34. The molecule has 7 heteroatoms. The standard InChI is InChI=1S/C16H21NS.C6H10N2.CH4N2O/c1-10-7-12-8-11-9-13(16(2,3)4)5-6-14(11)17-15(12)18-10;1-3-4-5-6(7)8-2;2-3-1-4/h7-8,13H,5-6,9H2,1-4H3;3-5H,2,7H2,1H3;1H,2H2,(H,3,4)/b;4-3-,6-5-;. The van der Waals surface area contributed by atoms with Gasteiger partial charge < -0.3 is 5.73 Å². The number of rotatable bonds is 3. The second-order valence-corrected chi connectivity index (χ2v) is 9.45. The van der Waals surface area contributed by atoms with Gasteiger partial charge in [-0.1, -0.05) is 32.9 Å². The van der Waals surface area contributed by atoms with Crippen molar-refractivity contribution < 1.29 is 4.79 Å². The van der Waals surface area contributed by atoms with Gasteiger partial charge >= 0.3 is 0 Å². The number of hydrazine groups is 1. The first-order valence-electron chi connectivity index (χ1n) is 10.00. The lowest BCUT2D eigenvalue weighted by atomic mass is 9.71. The Bertz CT molecular complexity index is 893. The minimum Gasteiger partial charge on any atom is -0.384 e. The number of aryl methyl sites for hydroxylation is 2. The van der Waals surface area contributed by atoms with Crippen LogP contribution in [0.5, 0.6) is 0 Å². The number of allylic oxidation sites excluding steroid dienone is 3. The molecule has 3 rings (SSSR count). The molecule has 30 heavy (non-hydrogen) atoms. The first-order valence-corrected chi connectivity index (χ1v) is 10.8. The molecule has 1 unspecified atom stereocenters. The number of pyridine rings is 1. The number of fused-ring (bicyclic) bond motifs is 2. The molecule has 1 amide bonds. The van der Waals surface area contributed by atoms with Crippen LogP contribution >= 0.6 is 11.3 Å². The number of carbonyl (C=O) groups excluding carboxylic acids is 1. The summed E-state index contributed by atoms with van der Waals surface area (Å²) in [4.78, 5) is 19.9. The number of hydrogen-bond acceptors (Lipinski definition) is 6. The van der Waals surface area contributed by atoms with E-state index < -0.39 is 0 Å². The number of thiophene rings is 1. The highest BCUT2D eigenvalue weighted by Gasteiger charge is 2.29. The number of aliphatic imine (C=N–C) groups is 1. The van der Waals surface area contributed by atoms with Crippen LogP contribution in [0, 0.1) is 18.3 Å². The van der Waals surface area contributed by atoms with E-state index >= 15 is 0 Å². The highest BCUT2D eigenvalue weighted by atomic mass is 32.1. The van der Waals surface area contributed by atoms with Gasteiger partial charge in [0.05, 0.1) is 0 Å². The minimum atomic E-state index is 0.403. The van der Waals surface area contributed by atoms with Crippen molar-refractivity contribution in [2.45, 2.75) is 53.9 Å². The SMILES string of the molecule is C=N/C(N)=C\C=C/C.Cc1cc2cc3c(nc2s1)CCC(C(C)(C)C)C3.NNC=O. The van der Waals surface area contributed by atoms with E-state index in [1.54, 1.807) is 11.5 Å². The Hall–Kier alpha value is -2.51. The van der Waals surface area contributed by atoms with Crippen molar-refractivity contribution in [2.75, 3.05) is 0 Å². The fraction of sp³-hybridized carbons (Fsp3) is 0.435. The molecular formula is C23H35N5OS. The van der Waals surface area contributed by atoms with Gasteiger partial charge in [0.15, 0.2) is 0 Å². The van der Waals surface area contributed by atoms with E-state index in [4.69, 9.17) is 15.5 Å².